The monoisotopic (exact) mass is 467 g/mol. The molecule has 4 rings (SSSR count). The number of hydrogen-bond acceptors (Lipinski definition) is 5. The summed E-state index contributed by atoms with van der Waals surface area (Å²) in [6.07, 6.45) is 1.98. The van der Waals surface area contributed by atoms with Gasteiger partial charge in [0.05, 0.1) is 12.3 Å². The third-order valence-electron chi connectivity index (χ3n) is 6.22. The molecule has 0 saturated heterocycles. The first-order valence-corrected chi connectivity index (χ1v) is 13.4. The fraction of sp³-hybridized carbons (Fsp3) is 0.440. The Balaban J connectivity index is 1.49. The quantitative estimate of drug-likeness (QED) is 0.575. The number of hydrogen-bond donors (Lipinski definition) is 1. The van der Waals surface area contributed by atoms with E-state index in [4.69, 9.17) is 0 Å². The topological polar surface area (TPSA) is 80.1 Å². The van der Waals surface area contributed by atoms with E-state index < -0.39 is 16.1 Å². The molecule has 0 bridgehead atoms. The van der Waals surface area contributed by atoms with Crippen molar-refractivity contribution >= 4 is 10.0 Å². The zero-order valence-electron chi connectivity index (χ0n) is 19.8. The Morgan fingerprint density at radius 3 is 2.55 bits per heavy atom. The van der Waals surface area contributed by atoms with Crippen molar-refractivity contribution in [2.75, 3.05) is 19.3 Å². The molecule has 0 spiro atoms. The van der Waals surface area contributed by atoms with Crippen LogP contribution in [0.2, 0.25) is 0 Å². The van der Waals surface area contributed by atoms with Crippen LogP contribution in [-0.2, 0) is 29.5 Å². The van der Waals surface area contributed by atoms with E-state index in [9.17, 15) is 8.42 Å². The van der Waals surface area contributed by atoms with Crippen molar-refractivity contribution in [2.24, 2.45) is 5.92 Å². The summed E-state index contributed by atoms with van der Waals surface area (Å²) >= 11 is 0. The average Bonchev–Trinajstić information content (AvgIpc) is 3.05. The van der Waals surface area contributed by atoms with Gasteiger partial charge in [-0.1, -0.05) is 56.3 Å². The summed E-state index contributed by atoms with van der Waals surface area (Å²) in [5, 5.41) is 8.78. The Hall–Kier alpha value is -2.55. The Morgan fingerprint density at radius 2 is 1.82 bits per heavy atom. The van der Waals surface area contributed by atoms with Crippen LogP contribution in [0.3, 0.4) is 0 Å². The number of aromatic nitrogens is 3. The molecule has 0 radical (unpaired) electrons. The van der Waals surface area contributed by atoms with Crippen LogP contribution >= 0.6 is 0 Å². The minimum Gasteiger partial charge on any atom is -0.312 e. The summed E-state index contributed by atoms with van der Waals surface area (Å²) in [6.45, 7) is 9.48. The van der Waals surface area contributed by atoms with E-state index in [2.05, 4.69) is 79.8 Å². The van der Waals surface area contributed by atoms with Gasteiger partial charge in [-0.05, 0) is 41.2 Å². The highest BCUT2D eigenvalue weighted by atomic mass is 32.2. The number of fused-ring (bicyclic) bond motifs is 1. The molecule has 2 heterocycles. The lowest BCUT2D eigenvalue weighted by Crippen LogP contribution is -2.33. The summed E-state index contributed by atoms with van der Waals surface area (Å²) in [6, 6.07) is 16.8. The van der Waals surface area contributed by atoms with Gasteiger partial charge in [0.25, 0.3) is 0 Å². The first kappa shape index (κ1) is 23.6. The molecule has 7 nitrogen and oxygen atoms in total. The molecule has 0 aliphatic carbocycles. The predicted octanol–water partition coefficient (Wildman–Crippen LogP) is 3.56. The van der Waals surface area contributed by atoms with Crippen LogP contribution < -0.4 is 4.72 Å². The van der Waals surface area contributed by atoms with E-state index in [1.54, 1.807) is 0 Å². The van der Waals surface area contributed by atoms with Crippen molar-refractivity contribution in [3.8, 4) is 11.1 Å². The van der Waals surface area contributed by atoms with Crippen LogP contribution in [-0.4, -0.2) is 47.4 Å². The van der Waals surface area contributed by atoms with Gasteiger partial charge in [0.2, 0.25) is 10.0 Å². The summed E-state index contributed by atoms with van der Waals surface area (Å²) < 4.78 is 28.7. The van der Waals surface area contributed by atoms with E-state index >= 15 is 0 Å². The normalized spacial score (nSPS) is 15.9. The maximum Gasteiger partial charge on any atom is 0.209 e. The fourth-order valence-electron chi connectivity index (χ4n) is 4.49. The molecule has 3 aromatic rings. The zero-order valence-corrected chi connectivity index (χ0v) is 20.6. The lowest BCUT2D eigenvalue weighted by atomic mass is 9.99. The highest BCUT2D eigenvalue weighted by molar-refractivity contribution is 7.88. The standard InChI is InChI=1S/C25H33N5O2S/c1-18(2)24(28-33(4,31)32)25-27-26-23-12-13-29(14-15-30(23)25)17-20-9-7-10-21(16-20)22-11-6-5-8-19(22)3/h5-11,16,18,24,28H,12-15,17H2,1-4H3. The SMILES string of the molecule is Cc1ccccc1-c1cccc(CN2CCc3nnc(C(NS(C)(=O)=O)C(C)C)n3CC2)c1. The third-order valence-corrected chi connectivity index (χ3v) is 6.90. The number of benzene rings is 2. The smallest absolute Gasteiger partial charge is 0.209 e. The first-order valence-electron chi connectivity index (χ1n) is 11.5. The number of aryl methyl sites for hydroxylation is 1. The maximum absolute atomic E-state index is 11.9. The Morgan fingerprint density at radius 1 is 1.03 bits per heavy atom. The minimum atomic E-state index is -3.35. The van der Waals surface area contributed by atoms with E-state index in [0.717, 1.165) is 38.4 Å². The summed E-state index contributed by atoms with van der Waals surface area (Å²) in [5.74, 6) is 1.69. The van der Waals surface area contributed by atoms with Crippen molar-refractivity contribution in [3.63, 3.8) is 0 Å². The number of sulfonamides is 1. The van der Waals surface area contributed by atoms with Crippen LogP contribution in [0.25, 0.3) is 11.1 Å². The van der Waals surface area contributed by atoms with E-state index in [0.29, 0.717) is 5.82 Å². The van der Waals surface area contributed by atoms with E-state index in [-0.39, 0.29) is 5.92 Å². The van der Waals surface area contributed by atoms with E-state index in [1.807, 2.05) is 13.8 Å². The number of rotatable bonds is 7. The summed E-state index contributed by atoms with van der Waals surface area (Å²) in [5.41, 5.74) is 5.07. The van der Waals surface area contributed by atoms with Crippen LogP contribution in [0.4, 0.5) is 0 Å². The predicted molar refractivity (Wildman–Crippen MR) is 131 cm³/mol. The van der Waals surface area contributed by atoms with Crippen LogP contribution in [0.1, 0.15) is 42.7 Å². The van der Waals surface area contributed by atoms with Crippen molar-refractivity contribution in [3.05, 3.63) is 71.3 Å². The minimum absolute atomic E-state index is 0.0663. The molecule has 1 aromatic heterocycles. The number of nitrogens with zero attached hydrogens (tertiary/aromatic N) is 4. The average molecular weight is 468 g/mol. The van der Waals surface area contributed by atoms with Gasteiger partial charge in [-0.2, -0.15) is 0 Å². The molecule has 1 aliphatic rings. The van der Waals surface area contributed by atoms with Gasteiger partial charge in [0, 0.05) is 32.6 Å². The fourth-order valence-corrected chi connectivity index (χ4v) is 5.33. The summed E-state index contributed by atoms with van der Waals surface area (Å²) in [7, 11) is -3.35. The second-order valence-electron chi connectivity index (χ2n) is 9.28. The highest BCUT2D eigenvalue weighted by Crippen LogP contribution is 2.26. The largest absolute Gasteiger partial charge is 0.312 e. The lowest BCUT2D eigenvalue weighted by molar-refractivity contribution is 0.269. The molecule has 0 amide bonds. The van der Waals surface area contributed by atoms with Gasteiger partial charge >= 0.3 is 0 Å². The molecular weight excluding hydrogens is 434 g/mol. The van der Waals surface area contributed by atoms with E-state index in [1.165, 1.54) is 28.5 Å². The second kappa shape index (κ2) is 9.75. The van der Waals surface area contributed by atoms with Crippen LogP contribution in [0.5, 0.6) is 0 Å². The molecule has 1 N–H and O–H groups in total. The molecule has 1 atom stereocenters. The van der Waals surface area contributed by atoms with Crippen molar-refractivity contribution in [1.29, 1.82) is 0 Å². The molecule has 0 saturated carbocycles. The van der Waals surface area contributed by atoms with Crippen LogP contribution in [0, 0.1) is 12.8 Å². The van der Waals surface area contributed by atoms with Gasteiger partial charge in [-0.25, -0.2) is 13.1 Å². The number of nitrogens with one attached hydrogen (secondary N) is 1. The Kier molecular flexibility index (Phi) is 6.97. The Bertz CT molecular complexity index is 1220. The lowest BCUT2D eigenvalue weighted by Gasteiger charge is -2.23. The zero-order chi connectivity index (χ0) is 23.6. The Labute approximate surface area is 196 Å². The van der Waals surface area contributed by atoms with Gasteiger partial charge in [0.15, 0.2) is 5.82 Å². The molecule has 1 unspecified atom stereocenters. The molecule has 8 heteroatoms. The summed E-state index contributed by atoms with van der Waals surface area (Å²) in [4.78, 5) is 2.43. The molecule has 2 aromatic carbocycles. The molecule has 176 valence electrons. The highest BCUT2D eigenvalue weighted by Gasteiger charge is 2.28. The molecular formula is C25H33N5O2S. The van der Waals surface area contributed by atoms with Gasteiger partial charge in [-0.3, -0.25) is 4.90 Å². The molecule has 1 aliphatic heterocycles. The third kappa shape index (κ3) is 5.69. The van der Waals surface area contributed by atoms with Gasteiger partial charge in [-0.15, -0.1) is 10.2 Å². The van der Waals surface area contributed by atoms with Crippen molar-refractivity contribution < 1.29 is 8.42 Å². The van der Waals surface area contributed by atoms with Crippen molar-refractivity contribution in [1.82, 2.24) is 24.4 Å². The van der Waals surface area contributed by atoms with Gasteiger partial charge in [0.1, 0.15) is 5.82 Å². The van der Waals surface area contributed by atoms with Gasteiger partial charge < -0.3 is 4.57 Å². The maximum atomic E-state index is 11.9. The second-order valence-corrected chi connectivity index (χ2v) is 11.1. The first-order chi connectivity index (χ1) is 15.7. The van der Waals surface area contributed by atoms with Crippen LogP contribution in [0.15, 0.2) is 48.5 Å². The molecule has 0 fully saturated rings. The van der Waals surface area contributed by atoms with Crippen molar-refractivity contribution in [2.45, 2.75) is 46.3 Å². The molecule has 33 heavy (non-hydrogen) atoms.